The van der Waals surface area contributed by atoms with Crippen LogP contribution in [0, 0.1) is 0 Å². The van der Waals surface area contributed by atoms with E-state index in [0.29, 0.717) is 26.9 Å². The first-order valence-corrected chi connectivity index (χ1v) is 14.4. The first-order valence-electron chi connectivity index (χ1n) is 13.6. The second-order valence-electron chi connectivity index (χ2n) is 10.6. The normalized spacial score (nSPS) is 17.2. The van der Waals surface area contributed by atoms with Gasteiger partial charge in [0.25, 0.3) is 5.56 Å². The summed E-state index contributed by atoms with van der Waals surface area (Å²) < 4.78 is 2.47. The molecular weight excluding hydrogens is 516 g/mol. The predicted octanol–water partition coefficient (Wildman–Crippen LogP) is 5.31. The lowest BCUT2D eigenvalue weighted by Crippen LogP contribution is -2.32. The Labute approximate surface area is 237 Å². The Morgan fingerprint density at radius 2 is 1.43 bits per heavy atom. The van der Waals surface area contributed by atoms with Crippen molar-refractivity contribution in [1.82, 2.24) is 4.57 Å². The molecule has 1 aliphatic carbocycles. The fourth-order valence-corrected chi connectivity index (χ4v) is 7.08. The van der Waals surface area contributed by atoms with Crippen LogP contribution in [0.15, 0.2) is 89.4 Å². The van der Waals surface area contributed by atoms with Crippen LogP contribution < -0.4 is 19.7 Å². The molecule has 0 saturated heterocycles. The molecule has 6 rings (SSSR count). The highest BCUT2D eigenvalue weighted by Crippen LogP contribution is 2.48. The number of nitrogens with zero attached hydrogens (tertiary/aromatic N) is 2. The number of likely N-dealkylation sites (N-methyl/N-ethyl adjacent to an activating group) is 1. The molecule has 6 heteroatoms. The molecule has 1 aliphatic heterocycles. The smallest absolute Gasteiger partial charge is 0.269 e. The number of anilines is 1. The monoisotopic (exact) mass is 546 g/mol. The minimum absolute atomic E-state index is 0.0923. The van der Waals surface area contributed by atoms with Crippen molar-refractivity contribution in [1.29, 1.82) is 0 Å². The van der Waals surface area contributed by atoms with Gasteiger partial charge in [-0.3, -0.25) is 19.0 Å². The summed E-state index contributed by atoms with van der Waals surface area (Å²) in [6.07, 6.45) is 3.88. The van der Waals surface area contributed by atoms with Gasteiger partial charge in [-0.1, -0.05) is 74.5 Å². The second kappa shape index (κ2) is 9.72. The number of thiazole rings is 1. The van der Waals surface area contributed by atoms with Crippen molar-refractivity contribution in [2.24, 2.45) is 0 Å². The molecule has 1 aromatic heterocycles. The van der Waals surface area contributed by atoms with E-state index in [4.69, 9.17) is 0 Å². The Hall–Kier alpha value is -4.29. The average Bonchev–Trinajstić information content (AvgIpc) is 3.50. The summed E-state index contributed by atoms with van der Waals surface area (Å²) in [4.78, 5) is 42.1. The lowest BCUT2D eigenvalue weighted by Gasteiger charge is -2.25. The van der Waals surface area contributed by atoms with Gasteiger partial charge in [-0.15, -0.1) is 11.3 Å². The maximum atomic E-state index is 13.5. The van der Waals surface area contributed by atoms with Crippen molar-refractivity contribution < 1.29 is 9.59 Å². The molecule has 0 spiro atoms. The van der Waals surface area contributed by atoms with E-state index in [1.54, 1.807) is 28.8 Å². The quantitative estimate of drug-likeness (QED) is 0.348. The van der Waals surface area contributed by atoms with Crippen molar-refractivity contribution in [3.63, 3.8) is 0 Å². The van der Waals surface area contributed by atoms with E-state index < -0.39 is 0 Å². The van der Waals surface area contributed by atoms with E-state index in [-0.39, 0.29) is 28.1 Å². The van der Waals surface area contributed by atoms with Gasteiger partial charge in [0.2, 0.25) is 11.6 Å². The summed E-state index contributed by atoms with van der Waals surface area (Å²) in [5.74, 6) is -0.625. The van der Waals surface area contributed by atoms with Gasteiger partial charge in [-0.2, -0.15) is 0 Å². The molecule has 5 nitrogen and oxygen atoms in total. The molecule has 200 valence electrons. The van der Waals surface area contributed by atoms with Gasteiger partial charge in [0.1, 0.15) is 10.2 Å². The third kappa shape index (κ3) is 3.86. The Balaban J connectivity index is 1.49. The summed E-state index contributed by atoms with van der Waals surface area (Å²) in [5.41, 5.74) is 6.27. The zero-order valence-corrected chi connectivity index (χ0v) is 23.8. The predicted molar refractivity (Wildman–Crippen MR) is 162 cm³/mol. The first kappa shape index (κ1) is 26.0. The number of rotatable bonds is 4. The van der Waals surface area contributed by atoms with Gasteiger partial charge in [0, 0.05) is 41.0 Å². The average molecular weight is 547 g/mol. The molecule has 0 bridgehead atoms. The zero-order chi connectivity index (χ0) is 28.2. The van der Waals surface area contributed by atoms with Crippen molar-refractivity contribution in [2.45, 2.75) is 39.7 Å². The molecular formula is C34H30N2O3S. The van der Waals surface area contributed by atoms with E-state index >= 15 is 0 Å². The first-order chi connectivity index (χ1) is 19.3. The molecule has 0 N–H and O–H groups in total. The maximum absolute atomic E-state index is 13.5. The van der Waals surface area contributed by atoms with Crippen molar-refractivity contribution in [3.05, 3.63) is 121 Å². The van der Waals surface area contributed by atoms with E-state index in [0.717, 1.165) is 12.2 Å². The number of ketones is 2. The number of carbonyl (C=O) groups is 2. The van der Waals surface area contributed by atoms with Gasteiger partial charge in [-0.05, 0) is 54.8 Å². The van der Waals surface area contributed by atoms with Crippen LogP contribution in [0.2, 0.25) is 0 Å². The van der Waals surface area contributed by atoms with Crippen molar-refractivity contribution in [3.8, 4) is 11.1 Å². The minimum atomic E-state index is -0.312. The van der Waals surface area contributed by atoms with E-state index in [1.165, 1.54) is 33.7 Å². The number of allylic oxidation sites excluding steroid dienone is 2. The molecule has 2 heterocycles. The fraction of sp³-hybridized carbons (Fsp3) is 0.206. The highest BCUT2D eigenvalue weighted by molar-refractivity contribution is 7.08. The highest BCUT2D eigenvalue weighted by Gasteiger charge is 2.39. The molecule has 2 aliphatic rings. The van der Waals surface area contributed by atoms with E-state index in [1.807, 2.05) is 37.3 Å². The molecule has 0 amide bonds. The van der Waals surface area contributed by atoms with E-state index in [9.17, 15) is 14.4 Å². The summed E-state index contributed by atoms with van der Waals surface area (Å²) in [5, 5.41) is 0. The van der Waals surface area contributed by atoms with Gasteiger partial charge < -0.3 is 4.90 Å². The number of Topliss-reactive ketones (excluding diaryl/α,β-unsaturated/α-hetero) is 2. The second-order valence-corrected chi connectivity index (χ2v) is 11.6. The van der Waals surface area contributed by atoms with Gasteiger partial charge in [0.05, 0.1) is 4.53 Å². The van der Waals surface area contributed by atoms with Crippen LogP contribution in [-0.2, 0) is 12.0 Å². The number of benzene rings is 3. The fourth-order valence-electron chi connectivity index (χ4n) is 5.93. The molecule has 0 unspecified atom stereocenters. The maximum Gasteiger partial charge on any atom is 0.269 e. The molecule has 0 fully saturated rings. The third-order valence-electron chi connectivity index (χ3n) is 8.02. The highest BCUT2D eigenvalue weighted by atomic mass is 32.1. The molecule has 0 saturated carbocycles. The number of hydrogen-bond donors (Lipinski definition) is 0. The van der Waals surface area contributed by atoms with Crippen LogP contribution in [0.1, 0.15) is 54.0 Å². The van der Waals surface area contributed by atoms with Crippen LogP contribution in [0.25, 0.3) is 22.8 Å². The number of aromatic nitrogens is 1. The lowest BCUT2D eigenvalue weighted by atomic mass is 9.82. The van der Waals surface area contributed by atoms with Crippen LogP contribution in [0.5, 0.6) is 0 Å². The topological polar surface area (TPSA) is 59.4 Å². The molecule has 40 heavy (non-hydrogen) atoms. The third-order valence-corrected chi connectivity index (χ3v) is 9.16. The molecule has 0 radical (unpaired) electrons. The summed E-state index contributed by atoms with van der Waals surface area (Å²) in [6.45, 7) is 9.57. The molecule has 3 aromatic carbocycles. The largest absolute Gasteiger partial charge is 0.344 e. The SMILES string of the molecule is CCN1C(=CC=c2sc(=C3C(=O)c4ccccc4C3=O)n(CC)c2=O)C(C)(C)c2cc(-c3ccccc3)ccc21. The zero-order valence-electron chi connectivity index (χ0n) is 23.0. The summed E-state index contributed by atoms with van der Waals surface area (Å²) >= 11 is 1.22. The molecule has 0 atom stereocenters. The van der Waals surface area contributed by atoms with Crippen LogP contribution in [0.4, 0.5) is 5.69 Å². The van der Waals surface area contributed by atoms with Crippen molar-refractivity contribution in [2.75, 3.05) is 11.4 Å². The molecule has 4 aromatic rings. The number of fused-ring (bicyclic) bond motifs is 2. The summed E-state index contributed by atoms with van der Waals surface area (Å²) in [7, 11) is 0. The number of carbonyl (C=O) groups excluding carboxylic acids is 2. The minimum Gasteiger partial charge on any atom is -0.344 e. The van der Waals surface area contributed by atoms with Gasteiger partial charge in [-0.25, -0.2) is 0 Å². The standard InChI is InChI=1S/C34H30N2O3S/c1-5-35-26-17-16-22(21-12-8-7-9-13-21)20-25(26)34(3,4)28(35)19-18-27-32(39)36(6-2)33(40-27)29-30(37)23-14-10-11-15-24(23)31(29)38/h7-20H,5-6H2,1-4H3. The van der Waals surface area contributed by atoms with Crippen molar-refractivity contribution >= 4 is 40.2 Å². The Morgan fingerprint density at radius 3 is 2.05 bits per heavy atom. The Bertz CT molecular complexity index is 1870. The lowest BCUT2D eigenvalue weighted by molar-refractivity contribution is 0.102. The Morgan fingerprint density at radius 1 is 0.775 bits per heavy atom. The Kier molecular flexibility index (Phi) is 6.31. The number of hydrogen-bond acceptors (Lipinski definition) is 5. The summed E-state index contributed by atoms with van der Waals surface area (Å²) in [6, 6.07) is 23.8. The van der Waals surface area contributed by atoms with Crippen LogP contribution in [0.3, 0.4) is 0 Å². The van der Waals surface area contributed by atoms with Crippen LogP contribution in [-0.4, -0.2) is 22.7 Å². The van der Waals surface area contributed by atoms with Gasteiger partial charge >= 0.3 is 0 Å². The van der Waals surface area contributed by atoms with Crippen LogP contribution >= 0.6 is 11.3 Å². The van der Waals surface area contributed by atoms with E-state index in [2.05, 4.69) is 56.0 Å². The van der Waals surface area contributed by atoms with Gasteiger partial charge in [0.15, 0.2) is 0 Å².